The molecular weight excluding hydrogens is 405 g/mol. The van der Waals surface area contributed by atoms with Crippen molar-refractivity contribution in [3.05, 3.63) is 64.8 Å². The molecule has 1 N–H and O–H groups in total. The van der Waals surface area contributed by atoms with Gasteiger partial charge in [-0.3, -0.25) is 9.48 Å². The summed E-state index contributed by atoms with van der Waals surface area (Å²) in [6, 6.07) is 8.19. The molecule has 1 aromatic heterocycles. The molecule has 2 aliphatic heterocycles. The summed E-state index contributed by atoms with van der Waals surface area (Å²) in [5, 5.41) is 16.2. The van der Waals surface area contributed by atoms with Crippen molar-refractivity contribution in [1.29, 1.82) is 0 Å². The number of ketones is 1. The molecule has 1 aromatic carbocycles. The fourth-order valence-corrected chi connectivity index (χ4v) is 5.64. The summed E-state index contributed by atoms with van der Waals surface area (Å²) in [6.45, 7) is 7.65. The van der Waals surface area contributed by atoms with E-state index >= 15 is 4.39 Å². The van der Waals surface area contributed by atoms with Crippen LogP contribution in [-0.2, 0) is 17.3 Å². The zero-order chi connectivity index (χ0) is 22.8. The van der Waals surface area contributed by atoms with E-state index in [2.05, 4.69) is 33.6 Å². The topological polar surface area (TPSA) is 71.6 Å². The first kappa shape index (κ1) is 20.8. The standard InChI is InChI=1S/C25H28FN5O/c1-6-25(16-9-7-8-15(10-16)17-13-31(5)30-14(17)2)18-12-27-29-23(18)28-21-20(25)19(32)11-24(3,4)22(21)26/h7-10,12-13,22-23,28H,6,11H2,1-5H3/t22-,23?,25-/m0/s1. The third-order valence-electron chi connectivity index (χ3n) is 7.20. The second kappa shape index (κ2) is 6.95. The second-order valence-electron chi connectivity index (χ2n) is 9.74. The summed E-state index contributed by atoms with van der Waals surface area (Å²) in [6.07, 6.45) is 2.78. The number of azo groups is 1. The summed E-state index contributed by atoms with van der Waals surface area (Å²) >= 11 is 0. The summed E-state index contributed by atoms with van der Waals surface area (Å²) in [5.41, 5.74) is 4.20. The summed E-state index contributed by atoms with van der Waals surface area (Å²) in [5.74, 6) is -0.0116. The van der Waals surface area contributed by atoms with Crippen LogP contribution in [0.15, 0.2) is 63.7 Å². The molecule has 0 saturated heterocycles. The minimum atomic E-state index is -1.28. The fraction of sp³-hybridized carbons (Fsp3) is 0.440. The maximum absolute atomic E-state index is 15.7. The number of nitrogens with zero attached hydrogens (tertiary/aromatic N) is 4. The number of carbonyl (C=O) groups is 1. The monoisotopic (exact) mass is 433 g/mol. The number of carbonyl (C=O) groups excluding carboxylic acids is 1. The van der Waals surface area contributed by atoms with Gasteiger partial charge in [0.05, 0.1) is 23.0 Å². The smallest absolute Gasteiger partial charge is 0.164 e. The maximum Gasteiger partial charge on any atom is 0.164 e. The van der Waals surface area contributed by atoms with Crippen molar-refractivity contribution in [3.8, 4) is 11.1 Å². The average molecular weight is 434 g/mol. The Hall–Kier alpha value is -3.09. The molecule has 0 radical (unpaired) electrons. The van der Waals surface area contributed by atoms with Crippen LogP contribution in [0, 0.1) is 12.3 Å². The molecule has 1 unspecified atom stereocenters. The summed E-state index contributed by atoms with van der Waals surface area (Å²) < 4.78 is 17.5. The molecule has 32 heavy (non-hydrogen) atoms. The highest BCUT2D eigenvalue weighted by Crippen LogP contribution is 2.54. The van der Waals surface area contributed by atoms with E-state index in [1.54, 1.807) is 10.9 Å². The van der Waals surface area contributed by atoms with E-state index in [9.17, 15) is 4.79 Å². The van der Waals surface area contributed by atoms with Gasteiger partial charge >= 0.3 is 0 Å². The molecule has 0 spiro atoms. The molecule has 3 heterocycles. The van der Waals surface area contributed by atoms with Gasteiger partial charge in [-0.1, -0.05) is 39.0 Å². The SMILES string of the molecule is CC[C@]1(c2cccc(-c3cn(C)nc3C)c2)C2=CN=NC2NC2=C1C(=O)CC(C)(C)[C@H]2F. The van der Waals surface area contributed by atoms with Gasteiger partial charge in [0.2, 0.25) is 0 Å². The van der Waals surface area contributed by atoms with Crippen LogP contribution in [0.2, 0.25) is 0 Å². The third-order valence-corrected chi connectivity index (χ3v) is 7.20. The first-order chi connectivity index (χ1) is 15.2. The molecule has 1 aliphatic carbocycles. The number of benzene rings is 1. The number of alkyl halides is 1. The number of nitrogens with one attached hydrogen (secondary N) is 1. The van der Waals surface area contributed by atoms with Gasteiger partial charge in [-0.15, -0.1) is 0 Å². The average Bonchev–Trinajstić information content (AvgIpc) is 3.36. The highest BCUT2D eigenvalue weighted by Gasteiger charge is 2.56. The van der Waals surface area contributed by atoms with E-state index in [4.69, 9.17) is 0 Å². The van der Waals surface area contributed by atoms with Crippen molar-refractivity contribution in [2.75, 3.05) is 0 Å². The summed E-state index contributed by atoms with van der Waals surface area (Å²) in [4.78, 5) is 13.6. The van der Waals surface area contributed by atoms with Gasteiger partial charge in [0.1, 0.15) is 6.17 Å². The normalized spacial score (nSPS) is 28.3. The largest absolute Gasteiger partial charge is 0.359 e. The number of hydrogen-bond acceptors (Lipinski definition) is 5. The lowest BCUT2D eigenvalue weighted by molar-refractivity contribution is -0.120. The number of aromatic nitrogens is 2. The first-order valence-corrected chi connectivity index (χ1v) is 11.1. The van der Waals surface area contributed by atoms with Crippen LogP contribution in [0.25, 0.3) is 11.1 Å². The van der Waals surface area contributed by atoms with Crippen LogP contribution >= 0.6 is 0 Å². The first-order valence-electron chi connectivity index (χ1n) is 11.1. The zero-order valence-electron chi connectivity index (χ0n) is 19.1. The van der Waals surface area contributed by atoms with Crippen molar-refractivity contribution >= 4 is 5.78 Å². The van der Waals surface area contributed by atoms with E-state index < -0.39 is 23.2 Å². The Kier molecular flexibility index (Phi) is 4.52. The lowest BCUT2D eigenvalue weighted by Crippen LogP contribution is -2.55. The molecule has 6 nitrogen and oxygen atoms in total. The van der Waals surface area contributed by atoms with Crippen molar-refractivity contribution in [1.82, 2.24) is 15.1 Å². The Morgan fingerprint density at radius 3 is 2.78 bits per heavy atom. The van der Waals surface area contributed by atoms with Crippen LogP contribution in [0.4, 0.5) is 4.39 Å². The quantitative estimate of drug-likeness (QED) is 0.747. The highest BCUT2D eigenvalue weighted by molar-refractivity contribution is 6.02. The second-order valence-corrected chi connectivity index (χ2v) is 9.74. The number of aryl methyl sites for hydroxylation is 2. The van der Waals surface area contributed by atoms with Gasteiger partial charge in [-0.2, -0.15) is 15.3 Å². The van der Waals surface area contributed by atoms with E-state index in [1.807, 2.05) is 52.2 Å². The van der Waals surface area contributed by atoms with E-state index in [0.29, 0.717) is 17.7 Å². The van der Waals surface area contributed by atoms with Crippen molar-refractivity contribution in [2.45, 2.75) is 58.3 Å². The molecular formula is C25H28FN5O. The zero-order valence-corrected chi connectivity index (χ0v) is 19.1. The number of fused-ring (bicyclic) bond motifs is 1. The van der Waals surface area contributed by atoms with Crippen LogP contribution in [0.3, 0.4) is 0 Å². The molecule has 0 bridgehead atoms. The Morgan fingerprint density at radius 2 is 2.09 bits per heavy atom. The van der Waals surface area contributed by atoms with Gasteiger partial charge in [-0.05, 0) is 30.5 Å². The highest BCUT2D eigenvalue weighted by atomic mass is 19.1. The molecule has 0 saturated carbocycles. The van der Waals surface area contributed by atoms with Gasteiger partial charge in [0.25, 0.3) is 0 Å². The molecule has 7 heteroatoms. The van der Waals surface area contributed by atoms with Gasteiger partial charge in [0, 0.05) is 41.8 Å². The minimum absolute atomic E-state index is 0.0116. The van der Waals surface area contributed by atoms with Gasteiger partial charge in [-0.25, -0.2) is 4.39 Å². The van der Waals surface area contributed by atoms with E-state index in [1.165, 1.54) is 0 Å². The fourth-order valence-electron chi connectivity index (χ4n) is 5.64. The van der Waals surface area contributed by atoms with Crippen molar-refractivity contribution in [3.63, 3.8) is 0 Å². The number of allylic oxidation sites excluding steroid dienone is 2. The molecule has 2 aromatic rings. The van der Waals surface area contributed by atoms with Crippen molar-refractivity contribution < 1.29 is 9.18 Å². The number of halogens is 1. The molecule has 166 valence electrons. The number of hydrogen-bond donors (Lipinski definition) is 1. The van der Waals surface area contributed by atoms with Gasteiger partial charge < -0.3 is 5.32 Å². The van der Waals surface area contributed by atoms with Crippen LogP contribution in [-0.4, -0.2) is 27.9 Å². The van der Waals surface area contributed by atoms with Crippen LogP contribution in [0.1, 0.15) is 44.9 Å². The Bertz CT molecular complexity index is 1220. The van der Waals surface area contributed by atoms with Crippen LogP contribution < -0.4 is 5.32 Å². The molecule has 0 amide bonds. The lowest BCUT2D eigenvalue weighted by Gasteiger charge is -2.49. The number of Topliss-reactive ketones (excluding diaryl/α,β-unsaturated/α-hetero) is 1. The Balaban J connectivity index is 1.77. The van der Waals surface area contributed by atoms with Crippen molar-refractivity contribution in [2.24, 2.45) is 22.7 Å². The lowest BCUT2D eigenvalue weighted by atomic mass is 9.58. The molecule has 3 aliphatic rings. The molecule has 5 rings (SSSR count). The predicted octanol–water partition coefficient (Wildman–Crippen LogP) is 4.91. The number of rotatable bonds is 3. The maximum atomic E-state index is 15.7. The van der Waals surface area contributed by atoms with Crippen LogP contribution in [0.5, 0.6) is 0 Å². The molecule has 3 atom stereocenters. The van der Waals surface area contributed by atoms with E-state index in [0.717, 1.165) is 28.0 Å². The Morgan fingerprint density at radius 1 is 1.31 bits per heavy atom. The molecule has 0 fully saturated rings. The Labute approximate surface area is 187 Å². The van der Waals surface area contributed by atoms with E-state index in [-0.39, 0.29) is 12.2 Å². The van der Waals surface area contributed by atoms with Gasteiger partial charge in [0.15, 0.2) is 11.9 Å². The predicted molar refractivity (Wildman–Crippen MR) is 121 cm³/mol. The summed E-state index contributed by atoms with van der Waals surface area (Å²) in [7, 11) is 1.90. The minimum Gasteiger partial charge on any atom is -0.359 e. The third kappa shape index (κ3) is 2.76.